The molecule has 1 rings (SSSR count). The number of hydrogen-bond donors (Lipinski definition) is 1. The molecule has 0 amide bonds. The van der Waals surface area contributed by atoms with Crippen molar-refractivity contribution in [1.82, 2.24) is 5.32 Å². The van der Waals surface area contributed by atoms with Crippen molar-refractivity contribution >= 4 is 17.7 Å². The van der Waals surface area contributed by atoms with Crippen LogP contribution in [0.15, 0.2) is 11.6 Å². The summed E-state index contributed by atoms with van der Waals surface area (Å²) in [5.41, 5.74) is 0. The van der Waals surface area contributed by atoms with Crippen molar-refractivity contribution in [2.24, 2.45) is 5.92 Å². The molecule has 0 aromatic heterocycles. The zero-order chi connectivity index (χ0) is 10.6. The lowest BCUT2D eigenvalue weighted by Crippen LogP contribution is -2.41. The van der Waals surface area contributed by atoms with E-state index >= 15 is 0 Å². The quantitative estimate of drug-likeness (QED) is 0.729. The first-order valence-corrected chi connectivity index (χ1v) is 5.66. The van der Waals surface area contributed by atoms with Crippen LogP contribution in [-0.4, -0.2) is 18.0 Å². The van der Waals surface area contributed by atoms with E-state index < -0.39 is 0 Å². The van der Waals surface area contributed by atoms with E-state index in [0.717, 1.165) is 6.42 Å². The maximum atomic E-state index is 11.1. The highest BCUT2D eigenvalue weighted by Crippen LogP contribution is 2.39. The Kier molecular flexibility index (Phi) is 3.86. The van der Waals surface area contributed by atoms with Gasteiger partial charge in [-0.05, 0) is 17.7 Å². The van der Waals surface area contributed by atoms with Crippen molar-refractivity contribution in [3.63, 3.8) is 0 Å². The highest BCUT2D eigenvalue weighted by atomic mass is 32.2. The number of esters is 1. The number of methoxy groups -OCH3 is 1. The first kappa shape index (κ1) is 11.4. The van der Waals surface area contributed by atoms with Crippen LogP contribution < -0.4 is 5.32 Å². The lowest BCUT2D eigenvalue weighted by molar-refractivity contribution is -0.140. The summed E-state index contributed by atoms with van der Waals surface area (Å²) in [5.74, 6) is 0.339. The van der Waals surface area contributed by atoms with Crippen LogP contribution in [0, 0.1) is 5.92 Å². The van der Waals surface area contributed by atoms with E-state index in [4.69, 9.17) is 0 Å². The standard InChI is InChI=1S/C10H17NO2S/c1-8(2)10(11-6-7-14-10)5-4-9(12)13-3/h6-8,11H,4-5H2,1-3H3. The summed E-state index contributed by atoms with van der Waals surface area (Å²) in [6.07, 6.45) is 3.22. The lowest BCUT2D eigenvalue weighted by atomic mass is 9.98. The number of carbonyl (C=O) groups is 1. The molecular formula is C10H17NO2S. The van der Waals surface area contributed by atoms with Gasteiger partial charge in [0.15, 0.2) is 0 Å². The first-order chi connectivity index (χ1) is 6.60. The largest absolute Gasteiger partial charge is 0.469 e. The Morgan fingerprint density at radius 3 is 2.79 bits per heavy atom. The minimum absolute atomic E-state index is 0.0197. The second-order valence-corrected chi connectivity index (χ2v) is 4.92. The third-order valence-corrected chi connectivity index (χ3v) is 4.02. The van der Waals surface area contributed by atoms with Crippen LogP contribution in [-0.2, 0) is 9.53 Å². The van der Waals surface area contributed by atoms with E-state index in [1.807, 2.05) is 11.6 Å². The molecule has 0 aromatic rings. The molecule has 0 spiro atoms. The minimum Gasteiger partial charge on any atom is -0.469 e. The maximum Gasteiger partial charge on any atom is 0.305 e. The molecule has 0 saturated heterocycles. The predicted molar refractivity (Wildman–Crippen MR) is 58.7 cm³/mol. The Hall–Kier alpha value is -0.640. The number of nitrogens with one attached hydrogen (secondary N) is 1. The van der Waals surface area contributed by atoms with Gasteiger partial charge in [0.05, 0.1) is 12.0 Å². The lowest BCUT2D eigenvalue weighted by Gasteiger charge is -2.32. The SMILES string of the molecule is COC(=O)CCC1(C(C)C)NC=CS1. The van der Waals surface area contributed by atoms with E-state index in [9.17, 15) is 4.79 Å². The maximum absolute atomic E-state index is 11.1. The van der Waals surface area contributed by atoms with Gasteiger partial charge in [0.25, 0.3) is 0 Å². The zero-order valence-corrected chi connectivity index (χ0v) is 9.69. The molecule has 1 heterocycles. The van der Waals surface area contributed by atoms with Crippen LogP contribution in [0.4, 0.5) is 0 Å². The van der Waals surface area contributed by atoms with Crippen molar-refractivity contribution < 1.29 is 9.53 Å². The molecule has 4 heteroatoms. The van der Waals surface area contributed by atoms with Gasteiger partial charge in [-0.15, -0.1) is 11.8 Å². The van der Waals surface area contributed by atoms with Gasteiger partial charge in [0.2, 0.25) is 0 Å². The predicted octanol–water partition coefficient (Wildman–Crippen LogP) is 2.10. The van der Waals surface area contributed by atoms with Crippen molar-refractivity contribution in [3.05, 3.63) is 11.6 Å². The molecule has 0 aromatic carbocycles. The van der Waals surface area contributed by atoms with Crippen molar-refractivity contribution in [2.75, 3.05) is 7.11 Å². The summed E-state index contributed by atoms with van der Waals surface area (Å²) in [6.45, 7) is 4.31. The molecule has 1 aliphatic heterocycles. The van der Waals surface area contributed by atoms with Crippen molar-refractivity contribution in [2.45, 2.75) is 31.6 Å². The molecule has 0 aliphatic carbocycles. The molecule has 1 aliphatic rings. The fraction of sp³-hybridized carbons (Fsp3) is 0.700. The number of hydrogen-bond acceptors (Lipinski definition) is 4. The third-order valence-electron chi connectivity index (χ3n) is 2.53. The van der Waals surface area contributed by atoms with Crippen molar-refractivity contribution in [3.8, 4) is 0 Å². The van der Waals surface area contributed by atoms with Crippen LogP contribution in [0.3, 0.4) is 0 Å². The molecule has 0 radical (unpaired) electrons. The van der Waals surface area contributed by atoms with Gasteiger partial charge in [-0.3, -0.25) is 4.79 Å². The molecule has 1 unspecified atom stereocenters. The van der Waals surface area contributed by atoms with E-state index in [-0.39, 0.29) is 10.8 Å². The topological polar surface area (TPSA) is 38.3 Å². The molecule has 1 atom stereocenters. The highest BCUT2D eigenvalue weighted by molar-refractivity contribution is 8.03. The molecule has 14 heavy (non-hydrogen) atoms. The molecule has 3 nitrogen and oxygen atoms in total. The number of rotatable bonds is 4. The van der Waals surface area contributed by atoms with Crippen LogP contribution in [0.25, 0.3) is 0 Å². The van der Waals surface area contributed by atoms with Gasteiger partial charge in [0.1, 0.15) is 0 Å². The second kappa shape index (κ2) is 4.73. The Balaban J connectivity index is 2.49. The molecule has 0 fully saturated rings. The van der Waals surface area contributed by atoms with E-state index in [1.165, 1.54) is 7.11 Å². The average Bonchev–Trinajstić information content (AvgIpc) is 2.64. The molecule has 0 bridgehead atoms. The summed E-state index contributed by atoms with van der Waals surface area (Å²) >= 11 is 1.75. The van der Waals surface area contributed by atoms with Crippen LogP contribution >= 0.6 is 11.8 Å². The second-order valence-electron chi connectivity index (χ2n) is 3.69. The van der Waals surface area contributed by atoms with Crippen LogP contribution in [0.2, 0.25) is 0 Å². The highest BCUT2D eigenvalue weighted by Gasteiger charge is 2.35. The summed E-state index contributed by atoms with van der Waals surface area (Å²) in [6, 6.07) is 0. The zero-order valence-electron chi connectivity index (χ0n) is 8.87. The Morgan fingerprint density at radius 2 is 2.36 bits per heavy atom. The Labute approximate surface area is 89.3 Å². The third kappa shape index (κ3) is 2.44. The van der Waals surface area contributed by atoms with Gasteiger partial charge < -0.3 is 10.1 Å². The molecule has 0 saturated carbocycles. The van der Waals surface area contributed by atoms with Crippen LogP contribution in [0.5, 0.6) is 0 Å². The number of ether oxygens (including phenoxy) is 1. The summed E-state index contributed by atoms with van der Waals surface area (Å²) in [7, 11) is 1.43. The van der Waals surface area contributed by atoms with Gasteiger partial charge in [-0.25, -0.2) is 0 Å². The fourth-order valence-electron chi connectivity index (χ4n) is 1.48. The van der Waals surface area contributed by atoms with Gasteiger partial charge in [0, 0.05) is 12.6 Å². The average molecular weight is 215 g/mol. The number of carbonyl (C=O) groups excluding carboxylic acids is 1. The Bertz CT molecular complexity index is 230. The monoisotopic (exact) mass is 215 g/mol. The van der Waals surface area contributed by atoms with E-state index in [1.54, 1.807) is 11.8 Å². The molecule has 1 N–H and O–H groups in total. The van der Waals surface area contributed by atoms with Crippen molar-refractivity contribution in [1.29, 1.82) is 0 Å². The molecule has 80 valence electrons. The smallest absolute Gasteiger partial charge is 0.305 e. The summed E-state index contributed by atoms with van der Waals surface area (Å²) in [5, 5.41) is 5.36. The Morgan fingerprint density at radius 1 is 1.64 bits per heavy atom. The normalized spacial score (nSPS) is 25.1. The van der Waals surface area contributed by atoms with Gasteiger partial charge in [-0.1, -0.05) is 13.8 Å². The van der Waals surface area contributed by atoms with E-state index in [2.05, 4.69) is 23.9 Å². The van der Waals surface area contributed by atoms with Gasteiger partial charge in [-0.2, -0.15) is 0 Å². The molecular weight excluding hydrogens is 198 g/mol. The first-order valence-electron chi connectivity index (χ1n) is 4.78. The summed E-state index contributed by atoms with van der Waals surface area (Å²) < 4.78 is 4.64. The summed E-state index contributed by atoms with van der Waals surface area (Å²) in [4.78, 5) is 11.0. The van der Waals surface area contributed by atoms with E-state index in [0.29, 0.717) is 12.3 Å². The minimum atomic E-state index is -0.140. The number of thioether (sulfide) groups is 1. The fourth-order valence-corrected chi connectivity index (χ4v) is 2.48. The van der Waals surface area contributed by atoms with Gasteiger partial charge >= 0.3 is 5.97 Å². The van der Waals surface area contributed by atoms with Crippen LogP contribution in [0.1, 0.15) is 26.7 Å².